The molecule has 4 aromatic rings. The van der Waals surface area contributed by atoms with Gasteiger partial charge in [-0.2, -0.15) is 13.2 Å². The largest absolute Gasteiger partial charge is 0.416 e. The van der Waals surface area contributed by atoms with Gasteiger partial charge in [-0.25, -0.2) is 0 Å². The quantitative estimate of drug-likeness (QED) is 0.316. The van der Waals surface area contributed by atoms with Crippen LogP contribution in [0.2, 0.25) is 0 Å². The molecule has 0 aliphatic carbocycles. The van der Waals surface area contributed by atoms with Crippen molar-refractivity contribution in [1.82, 2.24) is 19.8 Å². The molecule has 2 aliphatic heterocycles. The summed E-state index contributed by atoms with van der Waals surface area (Å²) >= 11 is 0. The van der Waals surface area contributed by atoms with Crippen molar-refractivity contribution in [2.45, 2.75) is 38.1 Å². The molecule has 1 unspecified atom stereocenters. The van der Waals surface area contributed by atoms with Gasteiger partial charge in [-0.15, -0.1) is 0 Å². The summed E-state index contributed by atoms with van der Waals surface area (Å²) in [5.41, 5.74) is 1.15. The Morgan fingerprint density at radius 3 is 2.36 bits per heavy atom. The van der Waals surface area contributed by atoms with Crippen molar-refractivity contribution < 1.29 is 27.9 Å². The number of para-hydroxylation sites is 1. The molecular weight excluding hydrogens is 509 g/mol. The van der Waals surface area contributed by atoms with Crippen LogP contribution in [0, 0.1) is 0 Å². The molecule has 2 aromatic carbocycles. The molecule has 0 radical (unpaired) electrons. The van der Waals surface area contributed by atoms with Crippen LogP contribution in [-0.4, -0.2) is 57.1 Å². The number of halogens is 3. The molecule has 6 rings (SSSR count). The number of aliphatic hydroxyl groups is 1. The number of carbonyl (C=O) groups is 2. The zero-order valence-corrected chi connectivity index (χ0v) is 21.0. The van der Waals surface area contributed by atoms with E-state index >= 15 is 0 Å². The Morgan fingerprint density at radius 2 is 1.62 bits per heavy atom. The number of hydrogen-bond acceptors (Lipinski definition) is 4. The Labute approximate surface area is 221 Å². The van der Waals surface area contributed by atoms with E-state index in [-0.39, 0.29) is 28.6 Å². The predicted molar refractivity (Wildman–Crippen MR) is 142 cm³/mol. The number of carbonyl (C=O) groups excluding carboxylic acids is 2. The number of aromatic amines is 1. The monoisotopic (exact) mass is 536 g/mol. The van der Waals surface area contributed by atoms with E-state index in [9.17, 15) is 27.9 Å². The highest BCUT2D eigenvalue weighted by atomic mass is 19.4. The second-order valence-corrected chi connectivity index (χ2v) is 10.2. The normalized spacial score (nSPS) is 17.9. The zero-order chi connectivity index (χ0) is 27.3. The molecule has 2 aromatic heterocycles. The number of hydrogen-bond donors (Lipinski definition) is 3. The molecule has 4 heterocycles. The lowest BCUT2D eigenvalue weighted by Crippen LogP contribution is -2.37. The lowest BCUT2D eigenvalue weighted by Gasteiger charge is -2.28. The third kappa shape index (κ3) is 4.63. The number of aromatic nitrogens is 2. The molecule has 10 heteroatoms. The van der Waals surface area contributed by atoms with Gasteiger partial charge in [0.1, 0.15) is 0 Å². The van der Waals surface area contributed by atoms with Crippen molar-refractivity contribution in [3.63, 3.8) is 0 Å². The van der Waals surface area contributed by atoms with Gasteiger partial charge in [0.2, 0.25) is 0 Å². The maximum Gasteiger partial charge on any atom is 0.416 e. The van der Waals surface area contributed by atoms with Gasteiger partial charge >= 0.3 is 6.18 Å². The number of benzene rings is 2. The van der Waals surface area contributed by atoms with Crippen LogP contribution in [0.4, 0.5) is 13.2 Å². The van der Waals surface area contributed by atoms with Crippen molar-refractivity contribution in [3.8, 4) is 0 Å². The number of β-amino-alcohol motifs (C(OH)–C–C–N with tert-alkyl or cyclic N) is 1. The van der Waals surface area contributed by atoms with Gasteiger partial charge in [0, 0.05) is 58.4 Å². The molecular formula is C29H27F3N4O3. The molecule has 1 atom stereocenters. The van der Waals surface area contributed by atoms with Crippen LogP contribution in [0.15, 0.2) is 54.9 Å². The molecule has 0 spiro atoms. The molecule has 0 saturated carbocycles. The average molecular weight is 537 g/mol. The molecule has 202 valence electrons. The van der Waals surface area contributed by atoms with Gasteiger partial charge in [0.25, 0.3) is 11.8 Å². The highest BCUT2D eigenvalue weighted by Gasteiger charge is 2.36. The zero-order valence-electron chi connectivity index (χ0n) is 21.0. The lowest BCUT2D eigenvalue weighted by molar-refractivity contribution is -0.137. The van der Waals surface area contributed by atoms with Crippen LogP contribution in [0.3, 0.4) is 0 Å². The number of imide groups is 1. The van der Waals surface area contributed by atoms with Crippen LogP contribution in [-0.2, 0) is 22.3 Å². The van der Waals surface area contributed by atoms with Crippen LogP contribution < -0.4 is 5.32 Å². The van der Waals surface area contributed by atoms with Crippen LogP contribution >= 0.6 is 0 Å². The number of fused-ring (bicyclic) bond motifs is 2. The van der Waals surface area contributed by atoms with E-state index in [1.54, 1.807) is 23.0 Å². The van der Waals surface area contributed by atoms with Crippen LogP contribution in [0.25, 0.3) is 33.0 Å². The average Bonchev–Trinajstić information content (AvgIpc) is 3.56. The van der Waals surface area contributed by atoms with Gasteiger partial charge < -0.3 is 19.6 Å². The fraction of sp³-hybridized carbons (Fsp3) is 0.310. The van der Waals surface area contributed by atoms with Crippen LogP contribution in [0.1, 0.15) is 36.0 Å². The topological polar surface area (TPSA) is 90.4 Å². The van der Waals surface area contributed by atoms with Gasteiger partial charge in [-0.05, 0) is 50.2 Å². The number of likely N-dealkylation sites (tertiary alicyclic amines) is 1. The highest BCUT2D eigenvalue weighted by Crippen LogP contribution is 2.40. The lowest BCUT2D eigenvalue weighted by atomic mass is 9.95. The molecule has 39 heavy (non-hydrogen) atoms. The number of aliphatic hydroxyl groups excluding tert-OH is 1. The first-order chi connectivity index (χ1) is 18.7. The first-order valence-electron chi connectivity index (χ1n) is 13.0. The van der Waals surface area contributed by atoms with E-state index < -0.39 is 29.7 Å². The van der Waals surface area contributed by atoms with Gasteiger partial charge in [-0.3, -0.25) is 14.9 Å². The molecule has 1 saturated heterocycles. The van der Waals surface area contributed by atoms with Gasteiger partial charge in [0.05, 0.1) is 22.8 Å². The number of alkyl halides is 3. The molecule has 1 fully saturated rings. The van der Waals surface area contributed by atoms with Gasteiger partial charge in [0.15, 0.2) is 0 Å². The number of piperidine rings is 1. The summed E-state index contributed by atoms with van der Waals surface area (Å²) in [5, 5.41) is 14.1. The standard InChI is InChI=1S/C29H27F3N4O3/c30-29(31,32)17-8-9-24-20(12-17)22(16-36(24)15-18(37)14-35-10-4-1-5-11-35)26-25(27(38)34-28(26)39)21-13-33-23-7-3-2-6-19(21)23/h2-3,6-9,12-13,16,18,33,37H,1,4-5,10-11,14-15H2,(H,34,38,39). The predicted octanol–water partition coefficient (Wildman–Crippen LogP) is 4.56. The summed E-state index contributed by atoms with van der Waals surface area (Å²) in [4.78, 5) is 31.5. The Morgan fingerprint density at radius 1 is 0.897 bits per heavy atom. The fourth-order valence-corrected chi connectivity index (χ4v) is 5.80. The van der Waals surface area contributed by atoms with E-state index in [1.165, 1.54) is 6.07 Å². The molecule has 7 nitrogen and oxygen atoms in total. The minimum absolute atomic E-state index is 0.0124. The third-order valence-electron chi connectivity index (χ3n) is 7.59. The summed E-state index contributed by atoms with van der Waals surface area (Å²) in [5.74, 6) is -1.29. The van der Waals surface area contributed by atoms with E-state index in [4.69, 9.17) is 0 Å². The molecule has 3 N–H and O–H groups in total. The summed E-state index contributed by atoms with van der Waals surface area (Å²) < 4.78 is 42.8. The summed E-state index contributed by atoms with van der Waals surface area (Å²) in [6.07, 6.45) is 1.13. The SMILES string of the molecule is O=C1NC(=O)C(c2cn(CC(O)CN3CCCCC3)c3ccc(C(F)(F)F)cc23)=C1c1c[nH]c2ccccc12. The Balaban J connectivity index is 1.50. The van der Waals surface area contributed by atoms with E-state index in [2.05, 4.69) is 15.2 Å². The summed E-state index contributed by atoms with van der Waals surface area (Å²) in [6.45, 7) is 2.36. The van der Waals surface area contributed by atoms with E-state index in [0.29, 0.717) is 23.0 Å². The molecule has 2 aliphatic rings. The number of nitrogens with zero attached hydrogens (tertiary/aromatic N) is 2. The van der Waals surface area contributed by atoms with Crippen LogP contribution in [0.5, 0.6) is 0 Å². The Hall–Kier alpha value is -3.89. The summed E-state index contributed by atoms with van der Waals surface area (Å²) in [6, 6.07) is 10.6. The number of nitrogens with one attached hydrogen (secondary N) is 2. The first-order valence-corrected chi connectivity index (χ1v) is 13.0. The number of amides is 2. The second-order valence-electron chi connectivity index (χ2n) is 10.2. The smallest absolute Gasteiger partial charge is 0.390 e. The van der Waals surface area contributed by atoms with Gasteiger partial charge in [-0.1, -0.05) is 24.6 Å². The first kappa shape index (κ1) is 25.4. The second kappa shape index (κ2) is 9.69. The minimum Gasteiger partial charge on any atom is -0.390 e. The maximum absolute atomic E-state index is 13.7. The fourth-order valence-electron chi connectivity index (χ4n) is 5.80. The number of rotatable bonds is 6. The van der Waals surface area contributed by atoms with Crippen molar-refractivity contribution in [2.24, 2.45) is 0 Å². The van der Waals surface area contributed by atoms with Crippen molar-refractivity contribution in [2.75, 3.05) is 19.6 Å². The van der Waals surface area contributed by atoms with Crippen molar-refractivity contribution in [1.29, 1.82) is 0 Å². The Kier molecular flexibility index (Phi) is 6.31. The maximum atomic E-state index is 13.7. The van der Waals surface area contributed by atoms with Crippen molar-refractivity contribution >= 4 is 44.8 Å². The Bertz CT molecular complexity index is 1630. The molecule has 2 amide bonds. The third-order valence-corrected chi connectivity index (χ3v) is 7.59. The summed E-state index contributed by atoms with van der Waals surface area (Å²) in [7, 11) is 0. The number of H-pyrrole nitrogens is 1. The van der Waals surface area contributed by atoms with E-state index in [0.717, 1.165) is 50.0 Å². The minimum atomic E-state index is -4.59. The highest BCUT2D eigenvalue weighted by molar-refractivity contribution is 6.50. The van der Waals surface area contributed by atoms with E-state index in [1.807, 2.05) is 18.2 Å². The molecule has 0 bridgehead atoms. The van der Waals surface area contributed by atoms with Crippen molar-refractivity contribution in [3.05, 3.63) is 71.5 Å².